The molecule has 4 nitrogen and oxygen atoms in total. The van der Waals surface area contributed by atoms with Crippen LogP contribution in [0.2, 0.25) is 0 Å². The number of benzene rings is 2. The number of carboxylic acid groups (broad SMARTS) is 1. The van der Waals surface area contributed by atoms with E-state index in [0.717, 1.165) is 40.0 Å². The molecule has 1 N–H and O–H groups in total. The molecule has 0 aliphatic rings. The lowest BCUT2D eigenvalue weighted by atomic mass is 10.1. The summed E-state index contributed by atoms with van der Waals surface area (Å²) in [5, 5.41) is 8.89. The van der Waals surface area contributed by atoms with Crippen LogP contribution in [0.5, 0.6) is 0 Å². The molecule has 0 unspecified atom stereocenters. The molecule has 0 atom stereocenters. The van der Waals surface area contributed by atoms with Crippen LogP contribution in [-0.4, -0.2) is 23.7 Å². The van der Waals surface area contributed by atoms with Crippen molar-refractivity contribution < 1.29 is 19.4 Å². The minimum absolute atomic E-state index is 0.231. The van der Waals surface area contributed by atoms with E-state index in [4.69, 9.17) is 9.84 Å². The van der Waals surface area contributed by atoms with Crippen LogP contribution >= 0.6 is 90.4 Å². The molecule has 0 heterocycles. The molecule has 176 valence electrons. The molecule has 32 heavy (non-hydrogen) atoms. The Morgan fingerprint density at radius 1 is 0.750 bits per heavy atom. The summed E-state index contributed by atoms with van der Waals surface area (Å²) < 4.78 is 9.45. The highest BCUT2D eigenvalue weighted by Gasteiger charge is 2.13. The van der Waals surface area contributed by atoms with Crippen LogP contribution in [0.25, 0.3) is 0 Å². The number of carbonyl (C=O) groups is 2. The monoisotopic (exact) mass is 888 g/mol. The van der Waals surface area contributed by atoms with Crippen LogP contribution in [0.1, 0.15) is 78.3 Å². The maximum Gasteiger partial charge on any atom is 0.338 e. The zero-order valence-corrected chi connectivity index (χ0v) is 27.1. The summed E-state index contributed by atoms with van der Waals surface area (Å²) in [6.45, 7) is 6.59. The van der Waals surface area contributed by atoms with Gasteiger partial charge in [-0.3, -0.25) is 0 Å². The largest absolute Gasteiger partial charge is 0.478 e. The standard InChI is InChI=1S/C13H16I2O2.C11H12I2O2/c1-3-5-6-10-11(14)7-9(8-12(10)15)13(16)17-4-2;1-2-3-4-8-9(12)5-7(11(14)15)6-10(8)13/h7-8H,3-6H2,1-2H3;5-6H,2-4H2,1H3,(H,14,15). The van der Waals surface area contributed by atoms with Gasteiger partial charge in [0.15, 0.2) is 0 Å². The van der Waals surface area contributed by atoms with Crippen molar-refractivity contribution in [1.82, 2.24) is 0 Å². The van der Waals surface area contributed by atoms with Crippen LogP contribution in [0.15, 0.2) is 24.3 Å². The summed E-state index contributed by atoms with van der Waals surface area (Å²) in [6, 6.07) is 7.34. The van der Waals surface area contributed by atoms with Crippen LogP contribution in [0, 0.1) is 14.3 Å². The van der Waals surface area contributed by atoms with Crippen molar-refractivity contribution >= 4 is 102 Å². The molecule has 0 amide bonds. The smallest absolute Gasteiger partial charge is 0.338 e. The number of ether oxygens (including phenoxy) is 1. The third kappa shape index (κ3) is 9.88. The van der Waals surface area contributed by atoms with E-state index in [2.05, 4.69) is 104 Å². The molecule has 0 saturated carbocycles. The van der Waals surface area contributed by atoms with Gasteiger partial charge in [-0.15, -0.1) is 0 Å². The number of carboxylic acids is 1. The number of esters is 1. The second-order valence-electron chi connectivity index (χ2n) is 7.07. The predicted octanol–water partition coefficient (Wildman–Crippen LogP) is 8.35. The van der Waals surface area contributed by atoms with Crippen molar-refractivity contribution in [3.63, 3.8) is 0 Å². The minimum atomic E-state index is -0.854. The molecule has 2 rings (SSSR count). The number of rotatable bonds is 9. The van der Waals surface area contributed by atoms with Gasteiger partial charge in [0, 0.05) is 14.3 Å². The Morgan fingerprint density at radius 2 is 1.12 bits per heavy atom. The van der Waals surface area contributed by atoms with Crippen molar-refractivity contribution in [2.24, 2.45) is 0 Å². The first kappa shape index (κ1) is 30.3. The fourth-order valence-electron chi connectivity index (χ4n) is 2.85. The fourth-order valence-corrected chi connectivity index (χ4v) is 7.46. The maximum absolute atomic E-state index is 11.6. The molecule has 0 fully saturated rings. The van der Waals surface area contributed by atoms with Crippen molar-refractivity contribution in [2.75, 3.05) is 6.61 Å². The quantitative estimate of drug-likeness (QED) is 0.203. The summed E-state index contributed by atoms with van der Waals surface area (Å²) in [7, 11) is 0. The molecular formula is C24H28I4O4. The zero-order valence-electron chi connectivity index (χ0n) is 18.4. The molecular weight excluding hydrogens is 860 g/mol. The highest BCUT2D eigenvalue weighted by molar-refractivity contribution is 14.1. The minimum Gasteiger partial charge on any atom is -0.478 e. The Hall–Kier alpha value is 0.300. The maximum atomic E-state index is 11.6. The van der Waals surface area contributed by atoms with Gasteiger partial charge in [-0.05, 0) is 158 Å². The van der Waals surface area contributed by atoms with Gasteiger partial charge in [0.1, 0.15) is 0 Å². The number of unbranched alkanes of at least 4 members (excludes halogenated alkanes) is 2. The molecule has 0 aliphatic heterocycles. The Morgan fingerprint density at radius 3 is 1.44 bits per heavy atom. The molecule has 0 radical (unpaired) electrons. The first-order valence-corrected chi connectivity index (χ1v) is 14.8. The Bertz CT molecular complexity index is 882. The number of aromatic carboxylic acids is 1. The van der Waals surface area contributed by atoms with Crippen LogP contribution in [0.3, 0.4) is 0 Å². The normalized spacial score (nSPS) is 10.3. The molecule has 0 saturated heterocycles. The molecule has 0 spiro atoms. The van der Waals surface area contributed by atoms with E-state index in [1.807, 2.05) is 19.1 Å². The molecule has 0 aliphatic carbocycles. The third-order valence-electron chi connectivity index (χ3n) is 4.60. The van der Waals surface area contributed by atoms with E-state index in [1.165, 1.54) is 24.0 Å². The van der Waals surface area contributed by atoms with E-state index >= 15 is 0 Å². The molecule has 2 aromatic rings. The number of hydrogen-bond acceptors (Lipinski definition) is 3. The number of hydrogen-bond donors (Lipinski definition) is 1. The Balaban J connectivity index is 0.000000323. The van der Waals surface area contributed by atoms with Crippen LogP contribution < -0.4 is 0 Å². The fraction of sp³-hybridized carbons (Fsp3) is 0.417. The van der Waals surface area contributed by atoms with Gasteiger partial charge in [-0.2, -0.15) is 0 Å². The zero-order chi connectivity index (χ0) is 24.3. The molecule has 0 aromatic heterocycles. The Labute approximate surface area is 245 Å². The second kappa shape index (κ2) is 16.1. The predicted molar refractivity (Wildman–Crippen MR) is 164 cm³/mol. The first-order valence-electron chi connectivity index (χ1n) is 10.5. The second-order valence-corrected chi connectivity index (χ2v) is 11.7. The molecule has 0 bridgehead atoms. The number of carbonyl (C=O) groups excluding carboxylic acids is 1. The lowest BCUT2D eigenvalue weighted by molar-refractivity contribution is 0.0525. The van der Waals surface area contributed by atoms with Gasteiger partial charge in [-0.1, -0.05) is 26.7 Å². The first-order chi connectivity index (χ1) is 15.2. The van der Waals surface area contributed by atoms with E-state index in [-0.39, 0.29) is 5.97 Å². The highest BCUT2D eigenvalue weighted by atomic mass is 127. The summed E-state index contributed by atoms with van der Waals surface area (Å²) in [6.07, 6.45) is 6.80. The molecule has 2 aromatic carbocycles. The topological polar surface area (TPSA) is 63.6 Å². The van der Waals surface area contributed by atoms with Crippen molar-refractivity contribution in [1.29, 1.82) is 0 Å². The van der Waals surface area contributed by atoms with Gasteiger partial charge in [0.05, 0.1) is 17.7 Å². The van der Waals surface area contributed by atoms with Crippen LogP contribution in [-0.2, 0) is 17.6 Å². The van der Waals surface area contributed by atoms with Crippen molar-refractivity contribution in [3.05, 3.63) is 60.8 Å². The van der Waals surface area contributed by atoms with Gasteiger partial charge in [0.2, 0.25) is 0 Å². The SMILES string of the molecule is CCCCc1c(I)cc(C(=O)O)cc1I.CCCCc1c(I)cc(C(=O)OCC)cc1I. The molecule has 8 heteroatoms. The van der Waals surface area contributed by atoms with E-state index in [9.17, 15) is 9.59 Å². The summed E-state index contributed by atoms with van der Waals surface area (Å²) in [5.74, 6) is -1.08. The van der Waals surface area contributed by atoms with E-state index in [1.54, 1.807) is 12.1 Å². The van der Waals surface area contributed by atoms with Gasteiger partial charge < -0.3 is 9.84 Å². The summed E-state index contributed by atoms with van der Waals surface area (Å²) >= 11 is 9.03. The number of halogens is 4. The van der Waals surface area contributed by atoms with Crippen LogP contribution in [0.4, 0.5) is 0 Å². The van der Waals surface area contributed by atoms with Gasteiger partial charge >= 0.3 is 11.9 Å². The summed E-state index contributed by atoms with van der Waals surface area (Å²) in [4.78, 5) is 22.5. The lowest BCUT2D eigenvalue weighted by Crippen LogP contribution is -2.07. The average Bonchev–Trinajstić information content (AvgIpc) is 2.73. The third-order valence-corrected chi connectivity index (χ3v) is 8.45. The summed E-state index contributed by atoms with van der Waals surface area (Å²) in [5.41, 5.74) is 3.66. The average molecular weight is 888 g/mol. The van der Waals surface area contributed by atoms with Gasteiger partial charge in [-0.25, -0.2) is 9.59 Å². The van der Waals surface area contributed by atoms with Gasteiger partial charge in [0.25, 0.3) is 0 Å². The van der Waals surface area contributed by atoms with E-state index in [0.29, 0.717) is 17.7 Å². The van der Waals surface area contributed by atoms with Crippen molar-refractivity contribution in [3.8, 4) is 0 Å². The Kier molecular flexibility index (Phi) is 15.2. The lowest BCUT2D eigenvalue weighted by Gasteiger charge is -2.09. The van der Waals surface area contributed by atoms with E-state index < -0.39 is 5.97 Å². The highest BCUT2D eigenvalue weighted by Crippen LogP contribution is 2.24. The van der Waals surface area contributed by atoms with Crippen molar-refractivity contribution in [2.45, 2.75) is 59.3 Å².